The van der Waals surface area contributed by atoms with Crippen molar-refractivity contribution in [3.63, 3.8) is 0 Å². The van der Waals surface area contributed by atoms with Gasteiger partial charge in [0.15, 0.2) is 5.96 Å². The highest BCUT2D eigenvalue weighted by atomic mass is 32.2. The molecule has 1 heterocycles. The van der Waals surface area contributed by atoms with Crippen LogP contribution in [-0.2, 0) is 6.54 Å². The van der Waals surface area contributed by atoms with Crippen LogP contribution < -0.4 is 10.6 Å². The molecule has 0 spiro atoms. The molecule has 5 nitrogen and oxygen atoms in total. The number of rotatable bonds is 8. The van der Waals surface area contributed by atoms with Crippen molar-refractivity contribution in [3.8, 4) is 0 Å². The third kappa shape index (κ3) is 6.78. The Kier molecular flexibility index (Phi) is 7.52. The summed E-state index contributed by atoms with van der Waals surface area (Å²) in [6.45, 7) is 4.88. The van der Waals surface area contributed by atoms with Gasteiger partial charge in [-0.2, -0.15) is 5.10 Å². The number of aryl methyl sites for hydroxylation is 1. The monoisotopic (exact) mass is 331 g/mol. The van der Waals surface area contributed by atoms with Gasteiger partial charge in [0.05, 0.1) is 0 Å². The number of benzene rings is 1. The topological polar surface area (TPSA) is 54.2 Å². The second-order valence-electron chi connectivity index (χ2n) is 5.24. The molecule has 0 amide bonds. The minimum Gasteiger partial charge on any atom is -0.356 e. The van der Waals surface area contributed by atoms with Crippen molar-refractivity contribution in [2.24, 2.45) is 4.99 Å². The van der Waals surface area contributed by atoms with Gasteiger partial charge in [-0.25, -0.2) is 0 Å². The molecule has 0 radical (unpaired) electrons. The molecule has 1 unspecified atom stereocenters. The van der Waals surface area contributed by atoms with Crippen LogP contribution in [0.4, 0.5) is 0 Å². The maximum absolute atomic E-state index is 4.26. The van der Waals surface area contributed by atoms with Gasteiger partial charge in [-0.3, -0.25) is 9.67 Å². The highest BCUT2D eigenvalue weighted by Crippen LogP contribution is 2.21. The lowest BCUT2D eigenvalue weighted by Crippen LogP contribution is -2.40. The number of aromatic nitrogens is 2. The summed E-state index contributed by atoms with van der Waals surface area (Å²) in [6, 6.07) is 12.4. The van der Waals surface area contributed by atoms with E-state index in [0.29, 0.717) is 5.25 Å². The molecule has 0 bridgehead atoms. The predicted molar refractivity (Wildman–Crippen MR) is 98.0 cm³/mol. The number of hydrogen-bond donors (Lipinski definition) is 2. The molecule has 0 saturated carbocycles. The molecule has 6 heteroatoms. The Bertz CT molecular complexity index is 568. The zero-order valence-corrected chi connectivity index (χ0v) is 14.6. The minimum absolute atomic E-state index is 0.472. The van der Waals surface area contributed by atoms with Crippen LogP contribution in [0, 0.1) is 0 Å². The molecule has 1 atom stereocenters. The van der Waals surface area contributed by atoms with E-state index in [1.807, 2.05) is 34.8 Å². The van der Waals surface area contributed by atoms with Crippen molar-refractivity contribution in [2.75, 3.05) is 20.1 Å². The summed E-state index contributed by atoms with van der Waals surface area (Å²) in [6.07, 6.45) is 4.80. The van der Waals surface area contributed by atoms with Gasteiger partial charge in [-0.15, -0.1) is 11.8 Å². The molecular formula is C17H25N5S. The molecule has 0 saturated heterocycles. The van der Waals surface area contributed by atoms with Crippen LogP contribution in [0.5, 0.6) is 0 Å². The van der Waals surface area contributed by atoms with Crippen LogP contribution in [-0.4, -0.2) is 41.1 Å². The van der Waals surface area contributed by atoms with Crippen molar-refractivity contribution >= 4 is 17.7 Å². The molecule has 0 aliphatic carbocycles. The van der Waals surface area contributed by atoms with Crippen molar-refractivity contribution in [2.45, 2.75) is 30.0 Å². The first kappa shape index (κ1) is 17.4. The molecule has 1 aromatic carbocycles. The van der Waals surface area contributed by atoms with Crippen LogP contribution >= 0.6 is 11.8 Å². The third-order valence-electron chi connectivity index (χ3n) is 3.28. The highest BCUT2D eigenvalue weighted by Gasteiger charge is 2.05. The maximum atomic E-state index is 4.26. The normalized spacial score (nSPS) is 12.9. The van der Waals surface area contributed by atoms with E-state index in [1.54, 1.807) is 13.2 Å². The smallest absolute Gasteiger partial charge is 0.191 e. The summed E-state index contributed by atoms with van der Waals surface area (Å²) in [5.41, 5.74) is 0. The van der Waals surface area contributed by atoms with Crippen molar-refractivity contribution in [3.05, 3.63) is 48.8 Å². The summed E-state index contributed by atoms with van der Waals surface area (Å²) < 4.78 is 1.94. The number of nitrogens with zero attached hydrogens (tertiary/aromatic N) is 3. The Labute approximate surface area is 142 Å². The number of aliphatic imine (C=N–C) groups is 1. The summed E-state index contributed by atoms with van der Waals surface area (Å²) in [7, 11) is 1.80. The first-order chi connectivity index (χ1) is 11.3. The van der Waals surface area contributed by atoms with Crippen LogP contribution in [0.2, 0.25) is 0 Å². The maximum Gasteiger partial charge on any atom is 0.191 e. The Balaban J connectivity index is 1.62. The summed E-state index contributed by atoms with van der Waals surface area (Å²) in [5, 5.41) is 11.4. The third-order valence-corrected chi connectivity index (χ3v) is 4.39. The SMILES string of the molecule is CN=C(NCCCn1cccn1)NCC(C)Sc1ccccc1. The first-order valence-electron chi connectivity index (χ1n) is 7.91. The van der Waals surface area contributed by atoms with Crippen LogP contribution in [0.1, 0.15) is 13.3 Å². The fourth-order valence-electron chi connectivity index (χ4n) is 2.11. The Morgan fingerprint density at radius 2 is 2.09 bits per heavy atom. The van der Waals surface area contributed by atoms with E-state index in [4.69, 9.17) is 0 Å². The zero-order valence-electron chi connectivity index (χ0n) is 13.8. The summed E-state index contributed by atoms with van der Waals surface area (Å²) >= 11 is 1.87. The van der Waals surface area contributed by atoms with Crippen LogP contribution in [0.25, 0.3) is 0 Å². The molecule has 0 fully saturated rings. The standard InChI is InChI=1S/C17H25N5S/c1-15(23-16-8-4-3-5-9-16)14-20-17(18-2)19-10-6-12-22-13-7-11-21-22/h3-5,7-9,11,13,15H,6,10,12,14H2,1-2H3,(H2,18,19,20). The van der Waals surface area contributed by atoms with E-state index < -0.39 is 0 Å². The lowest BCUT2D eigenvalue weighted by atomic mass is 10.4. The van der Waals surface area contributed by atoms with Gasteiger partial charge in [-0.1, -0.05) is 25.1 Å². The molecular weight excluding hydrogens is 306 g/mol. The molecule has 0 aliphatic rings. The van der Waals surface area contributed by atoms with Gasteiger partial charge in [0.25, 0.3) is 0 Å². The lowest BCUT2D eigenvalue weighted by molar-refractivity contribution is 0.570. The second-order valence-corrected chi connectivity index (χ2v) is 6.76. The summed E-state index contributed by atoms with van der Waals surface area (Å²) in [5.74, 6) is 0.853. The molecule has 124 valence electrons. The number of nitrogens with one attached hydrogen (secondary N) is 2. The van der Waals surface area contributed by atoms with Gasteiger partial charge >= 0.3 is 0 Å². The second kappa shape index (κ2) is 9.94. The number of guanidine groups is 1. The average Bonchev–Trinajstić information content (AvgIpc) is 3.08. The number of hydrogen-bond acceptors (Lipinski definition) is 3. The molecule has 2 aromatic rings. The van der Waals surface area contributed by atoms with Crippen molar-refractivity contribution in [1.82, 2.24) is 20.4 Å². The van der Waals surface area contributed by atoms with Crippen molar-refractivity contribution in [1.29, 1.82) is 0 Å². The average molecular weight is 331 g/mol. The van der Waals surface area contributed by atoms with E-state index >= 15 is 0 Å². The fourth-order valence-corrected chi connectivity index (χ4v) is 3.06. The van der Waals surface area contributed by atoms with Gasteiger partial charge in [0, 0.05) is 49.2 Å². The predicted octanol–water partition coefficient (Wildman–Crippen LogP) is 2.62. The van der Waals surface area contributed by atoms with E-state index in [2.05, 4.69) is 51.9 Å². The van der Waals surface area contributed by atoms with Gasteiger partial charge in [-0.05, 0) is 24.6 Å². The Morgan fingerprint density at radius 1 is 1.26 bits per heavy atom. The first-order valence-corrected chi connectivity index (χ1v) is 8.79. The van der Waals surface area contributed by atoms with E-state index in [-0.39, 0.29) is 0 Å². The zero-order chi connectivity index (χ0) is 16.3. The van der Waals surface area contributed by atoms with Crippen LogP contribution in [0.3, 0.4) is 0 Å². The summed E-state index contributed by atoms with van der Waals surface area (Å²) in [4.78, 5) is 5.56. The fraction of sp³-hybridized carbons (Fsp3) is 0.412. The van der Waals surface area contributed by atoms with Crippen LogP contribution in [0.15, 0.2) is 58.7 Å². The van der Waals surface area contributed by atoms with Gasteiger partial charge in [0.2, 0.25) is 0 Å². The molecule has 0 aliphatic heterocycles. The molecule has 1 aromatic heterocycles. The lowest BCUT2D eigenvalue weighted by Gasteiger charge is -2.16. The Morgan fingerprint density at radius 3 is 2.78 bits per heavy atom. The van der Waals surface area contributed by atoms with E-state index in [0.717, 1.165) is 32.0 Å². The van der Waals surface area contributed by atoms with E-state index in [9.17, 15) is 0 Å². The molecule has 2 N–H and O–H groups in total. The minimum atomic E-state index is 0.472. The Hall–Kier alpha value is -1.95. The highest BCUT2D eigenvalue weighted by molar-refractivity contribution is 8.00. The van der Waals surface area contributed by atoms with E-state index in [1.165, 1.54) is 4.90 Å². The molecule has 2 rings (SSSR count). The quantitative estimate of drug-likeness (QED) is 0.338. The number of thioether (sulfide) groups is 1. The van der Waals surface area contributed by atoms with Crippen molar-refractivity contribution < 1.29 is 0 Å². The largest absolute Gasteiger partial charge is 0.356 e. The van der Waals surface area contributed by atoms with Gasteiger partial charge in [0.1, 0.15) is 0 Å². The molecule has 23 heavy (non-hydrogen) atoms. The van der Waals surface area contributed by atoms with Gasteiger partial charge < -0.3 is 10.6 Å².